The molecule has 0 aliphatic carbocycles. The van der Waals surface area contributed by atoms with Crippen LogP contribution in [0.3, 0.4) is 0 Å². The first-order valence-corrected chi connectivity index (χ1v) is 11.4. The van der Waals surface area contributed by atoms with Gasteiger partial charge < -0.3 is 0 Å². The molecule has 2 aromatic heterocycles. The van der Waals surface area contributed by atoms with E-state index in [1.807, 2.05) is 36.4 Å². The van der Waals surface area contributed by atoms with E-state index in [0.29, 0.717) is 49.2 Å². The van der Waals surface area contributed by atoms with Crippen LogP contribution in [-0.4, -0.2) is 22.5 Å². The molecule has 2 heterocycles. The molecule has 0 saturated carbocycles. The number of benzene rings is 3. The average molecular weight is 528 g/mol. The van der Waals surface area contributed by atoms with Crippen LogP contribution in [0.1, 0.15) is 20.7 Å². The van der Waals surface area contributed by atoms with Crippen molar-refractivity contribution in [3.05, 3.63) is 104 Å². The molecular formula is C26H14Cl4N2O2. The van der Waals surface area contributed by atoms with Crippen molar-refractivity contribution in [1.29, 1.82) is 0 Å². The summed E-state index contributed by atoms with van der Waals surface area (Å²) in [4.78, 5) is 30.5. The number of aromatic nitrogens is 2. The molecule has 5 rings (SSSR count). The molecule has 0 atom stereocenters. The highest BCUT2D eigenvalue weighted by molar-refractivity contribution is 6.36. The van der Waals surface area contributed by atoms with Gasteiger partial charge in [-0.25, -0.2) is 9.97 Å². The lowest BCUT2D eigenvalue weighted by molar-refractivity contribution is 0.111. The van der Waals surface area contributed by atoms with Crippen LogP contribution in [0.4, 0.5) is 0 Å². The number of pyridine rings is 2. The van der Waals surface area contributed by atoms with E-state index < -0.39 is 0 Å². The Morgan fingerprint density at radius 3 is 1.71 bits per heavy atom. The second-order valence-corrected chi connectivity index (χ2v) is 8.71. The Morgan fingerprint density at radius 1 is 0.588 bits per heavy atom. The van der Waals surface area contributed by atoms with E-state index in [-0.39, 0.29) is 5.15 Å². The lowest BCUT2D eigenvalue weighted by Crippen LogP contribution is -1.94. The van der Waals surface area contributed by atoms with Crippen LogP contribution >= 0.6 is 46.4 Å². The molecule has 168 valence electrons. The smallest absolute Gasteiger partial charge is 0.153 e. The molecule has 0 fully saturated rings. The molecule has 0 radical (unpaired) electrons. The van der Waals surface area contributed by atoms with E-state index in [9.17, 15) is 9.59 Å². The minimum atomic E-state index is 0.181. The van der Waals surface area contributed by atoms with Crippen LogP contribution in [0.15, 0.2) is 72.8 Å². The predicted molar refractivity (Wildman–Crippen MR) is 140 cm³/mol. The van der Waals surface area contributed by atoms with Gasteiger partial charge in [-0.2, -0.15) is 0 Å². The van der Waals surface area contributed by atoms with Crippen molar-refractivity contribution in [2.24, 2.45) is 0 Å². The van der Waals surface area contributed by atoms with E-state index in [2.05, 4.69) is 9.97 Å². The topological polar surface area (TPSA) is 59.9 Å². The van der Waals surface area contributed by atoms with Gasteiger partial charge in [-0.15, -0.1) is 0 Å². The number of rotatable bonds is 3. The van der Waals surface area contributed by atoms with Gasteiger partial charge in [0.2, 0.25) is 0 Å². The van der Waals surface area contributed by atoms with Gasteiger partial charge in [0.05, 0.1) is 32.3 Å². The minimum absolute atomic E-state index is 0.181. The van der Waals surface area contributed by atoms with E-state index in [1.165, 1.54) is 0 Å². The van der Waals surface area contributed by atoms with Crippen molar-refractivity contribution in [2.45, 2.75) is 0 Å². The molecule has 0 spiro atoms. The second kappa shape index (κ2) is 10.5. The summed E-state index contributed by atoms with van der Waals surface area (Å²) in [6.07, 6.45) is 1.46. The molecule has 0 unspecified atom stereocenters. The Hall–Kier alpha value is -3.02. The number of nitrogens with zero attached hydrogens (tertiary/aromatic N) is 2. The summed E-state index contributed by atoms with van der Waals surface area (Å²) in [7, 11) is 0. The van der Waals surface area contributed by atoms with Crippen molar-refractivity contribution in [1.82, 2.24) is 9.97 Å². The van der Waals surface area contributed by atoms with Crippen LogP contribution in [0.25, 0.3) is 33.1 Å². The largest absolute Gasteiger partial charge is 0.298 e. The van der Waals surface area contributed by atoms with Gasteiger partial charge in [-0.3, -0.25) is 9.59 Å². The zero-order valence-electron chi connectivity index (χ0n) is 17.3. The van der Waals surface area contributed by atoms with Gasteiger partial charge in [0.25, 0.3) is 0 Å². The molecule has 0 saturated heterocycles. The molecule has 5 aromatic rings. The third-order valence-corrected chi connectivity index (χ3v) is 6.23. The second-order valence-electron chi connectivity index (χ2n) is 7.13. The Kier molecular flexibility index (Phi) is 7.44. The van der Waals surface area contributed by atoms with Gasteiger partial charge in [0, 0.05) is 26.9 Å². The molecule has 8 heteroatoms. The SMILES string of the molecule is O=Cc1cc2cccc(Cl)c2nc1-c1ccccc1Cl.O=Cc1cc2cccc(Cl)c2nc1Cl. The summed E-state index contributed by atoms with van der Waals surface area (Å²) in [5.74, 6) is 0. The Labute approximate surface area is 215 Å². The normalized spacial score (nSPS) is 10.6. The maximum Gasteiger partial charge on any atom is 0.153 e. The molecule has 0 bridgehead atoms. The minimum Gasteiger partial charge on any atom is -0.298 e. The molecular weight excluding hydrogens is 514 g/mol. The summed E-state index contributed by atoms with van der Waals surface area (Å²) in [5.41, 5.74) is 3.41. The molecule has 4 nitrogen and oxygen atoms in total. The molecule has 34 heavy (non-hydrogen) atoms. The van der Waals surface area contributed by atoms with Crippen LogP contribution in [0, 0.1) is 0 Å². The van der Waals surface area contributed by atoms with E-state index in [0.717, 1.165) is 22.6 Å². The molecule has 0 aliphatic rings. The Morgan fingerprint density at radius 2 is 1.12 bits per heavy atom. The predicted octanol–water partition coefficient (Wildman–Crippen LogP) is 8.38. The fourth-order valence-electron chi connectivity index (χ4n) is 3.38. The van der Waals surface area contributed by atoms with Crippen molar-refractivity contribution in [3.8, 4) is 11.3 Å². The van der Waals surface area contributed by atoms with Crippen LogP contribution < -0.4 is 0 Å². The first-order valence-electron chi connectivity index (χ1n) is 9.92. The highest BCUT2D eigenvalue weighted by Crippen LogP contribution is 2.32. The summed E-state index contributed by atoms with van der Waals surface area (Å²) in [6, 6.07) is 21.6. The third kappa shape index (κ3) is 4.91. The standard InChI is InChI=1S/C16H9Cl2NO.C10H5Cl2NO/c17-13-6-2-1-5-12(13)15-11(9-20)8-10-4-3-7-14(18)16(10)19-15;11-8-3-1-2-6-4-7(5-14)10(12)13-9(6)8/h1-9H;1-5H. The third-order valence-electron chi connectivity index (χ3n) is 4.99. The maximum absolute atomic E-state index is 11.3. The Balaban J connectivity index is 0.000000172. The van der Waals surface area contributed by atoms with E-state index >= 15 is 0 Å². The van der Waals surface area contributed by atoms with Gasteiger partial charge >= 0.3 is 0 Å². The van der Waals surface area contributed by atoms with E-state index in [1.54, 1.807) is 36.4 Å². The molecule has 0 N–H and O–H groups in total. The van der Waals surface area contributed by atoms with Crippen molar-refractivity contribution in [3.63, 3.8) is 0 Å². The molecule has 0 aliphatic heterocycles. The monoisotopic (exact) mass is 526 g/mol. The van der Waals surface area contributed by atoms with Gasteiger partial charge in [0.1, 0.15) is 5.15 Å². The fraction of sp³-hybridized carbons (Fsp3) is 0. The van der Waals surface area contributed by atoms with Crippen LogP contribution in [0.5, 0.6) is 0 Å². The highest BCUT2D eigenvalue weighted by Gasteiger charge is 2.13. The summed E-state index contributed by atoms with van der Waals surface area (Å²) in [6.45, 7) is 0. The number of para-hydroxylation sites is 2. The summed E-state index contributed by atoms with van der Waals surface area (Å²) in [5, 5.41) is 3.45. The quantitative estimate of drug-likeness (QED) is 0.174. The highest BCUT2D eigenvalue weighted by atomic mass is 35.5. The van der Waals surface area contributed by atoms with Crippen molar-refractivity contribution < 1.29 is 9.59 Å². The van der Waals surface area contributed by atoms with Gasteiger partial charge in [-0.1, -0.05) is 88.9 Å². The number of hydrogen-bond donors (Lipinski definition) is 0. The van der Waals surface area contributed by atoms with Gasteiger partial charge in [-0.05, 0) is 30.3 Å². The maximum atomic E-state index is 11.3. The number of fused-ring (bicyclic) bond motifs is 2. The van der Waals surface area contributed by atoms with E-state index in [4.69, 9.17) is 46.4 Å². The van der Waals surface area contributed by atoms with Crippen molar-refractivity contribution in [2.75, 3.05) is 0 Å². The zero-order valence-corrected chi connectivity index (χ0v) is 20.3. The summed E-state index contributed by atoms with van der Waals surface area (Å²) >= 11 is 24.0. The molecule has 3 aromatic carbocycles. The van der Waals surface area contributed by atoms with Crippen molar-refractivity contribution >= 4 is 80.8 Å². The zero-order chi connectivity index (χ0) is 24.2. The van der Waals surface area contributed by atoms with Crippen LogP contribution in [-0.2, 0) is 0 Å². The molecule has 0 amide bonds. The first kappa shape index (κ1) is 24.1. The number of aldehydes is 2. The fourth-order valence-corrected chi connectivity index (χ4v) is 4.23. The number of halogens is 4. The van der Waals surface area contributed by atoms with Crippen LogP contribution in [0.2, 0.25) is 20.2 Å². The van der Waals surface area contributed by atoms with Gasteiger partial charge in [0.15, 0.2) is 12.6 Å². The lowest BCUT2D eigenvalue weighted by atomic mass is 10.0. The number of carbonyl (C=O) groups excluding carboxylic acids is 2. The number of carbonyl (C=O) groups is 2. The number of hydrogen-bond acceptors (Lipinski definition) is 4. The first-order chi connectivity index (χ1) is 16.4. The lowest BCUT2D eigenvalue weighted by Gasteiger charge is -2.09. The summed E-state index contributed by atoms with van der Waals surface area (Å²) < 4.78 is 0. The average Bonchev–Trinajstić information content (AvgIpc) is 2.84. The Bertz CT molecular complexity index is 1550.